The molecule has 47 heavy (non-hydrogen) atoms. The van der Waals surface area contributed by atoms with Crippen molar-refractivity contribution in [3.63, 3.8) is 0 Å². The minimum Gasteiger partial charge on any atom is -0.396 e. The molecule has 1 aromatic carbocycles. The third-order valence-electron chi connectivity index (χ3n) is 13.1. The molecule has 6 rings (SSSR count). The molecule has 0 aromatic heterocycles. The van der Waals surface area contributed by atoms with E-state index in [1.54, 1.807) is 0 Å². The summed E-state index contributed by atoms with van der Waals surface area (Å²) < 4.78 is 0. The third-order valence-corrected chi connectivity index (χ3v) is 15.6. The van der Waals surface area contributed by atoms with Crippen LogP contribution < -0.4 is 11.1 Å². The van der Waals surface area contributed by atoms with Gasteiger partial charge in [0.25, 0.3) is 0 Å². The molecule has 9 heteroatoms. The van der Waals surface area contributed by atoms with Crippen molar-refractivity contribution in [1.29, 1.82) is 0 Å². The van der Waals surface area contributed by atoms with E-state index in [2.05, 4.69) is 44.3 Å². The van der Waals surface area contributed by atoms with E-state index in [1.807, 2.05) is 21.6 Å². The number of benzene rings is 1. The minimum atomic E-state index is -0.270. The number of Topliss-reactive ketones (excluding diaryl/α,β-unsaturated/α-hetero) is 1. The molecule has 260 valence electrons. The first-order valence-corrected chi connectivity index (χ1v) is 20.6. The fourth-order valence-electron chi connectivity index (χ4n) is 10.8. The Labute approximate surface area is 289 Å². The monoisotopic (exact) mass is 683 g/mol. The van der Waals surface area contributed by atoms with Gasteiger partial charge in [0.15, 0.2) is 11.7 Å². The first kappa shape index (κ1) is 35.3. The zero-order chi connectivity index (χ0) is 33.4. The van der Waals surface area contributed by atoms with Crippen LogP contribution in [0.15, 0.2) is 34.3 Å². The number of ketones is 1. The van der Waals surface area contributed by atoms with Crippen molar-refractivity contribution in [3.8, 4) is 0 Å². The standard InChI is InChI=1S/C38H57N3O4S2/c1-24(2)14-25-8-9-26(21-43)27(15-25)16-30-20-40-35(39)41-37(30)10-4-6-31-33-18-29-17-28(22-44)32(7-5-12-42)38(33,19-34(31)45)36(29,3)11-13-46-47-23-37/h8-9,15,24,28-30,32,42-44H,4-7,10-14,16-23H2,1-3H3,(H3,39,40,41)/t28-,29+,30-,32-,36+,37+,38+/m1/s1. The van der Waals surface area contributed by atoms with Gasteiger partial charge in [0.05, 0.1) is 12.1 Å². The van der Waals surface area contributed by atoms with Gasteiger partial charge < -0.3 is 26.4 Å². The van der Waals surface area contributed by atoms with Crippen molar-refractivity contribution in [2.45, 2.75) is 104 Å². The maximum Gasteiger partial charge on any atom is 0.189 e. The highest BCUT2D eigenvalue weighted by Crippen LogP contribution is 2.75. The van der Waals surface area contributed by atoms with Crippen molar-refractivity contribution in [3.05, 3.63) is 46.0 Å². The summed E-state index contributed by atoms with van der Waals surface area (Å²) in [6.45, 7) is 7.95. The highest BCUT2D eigenvalue weighted by Gasteiger charge is 2.69. The molecule has 0 radical (unpaired) electrons. The molecule has 2 heterocycles. The molecule has 3 aliphatic carbocycles. The topological polar surface area (TPSA) is 128 Å². The van der Waals surface area contributed by atoms with Gasteiger partial charge in [-0.15, -0.1) is 0 Å². The fourth-order valence-corrected chi connectivity index (χ4v) is 13.7. The Hall–Kier alpha value is -1.52. The van der Waals surface area contributed by atoms with E-state index >= 15 is 0 Å². The number of nitrogens with zero attached hydrogens (tertiary/aromatic N) is 1. The number of hydrogen-bond donors (Lipinski definition) is 5. The molecular formula is C38H57N3O4S2. The Morgan fingerprint density at radius 3 is 2.72 bits per heavy atom. The molecule has 2 saturated carbocycles. The van der Waals surface area contributed by atoms with E-state index < -0.39 is 0 Å². The molecule has 7 atom stereocenters. The van der Waals surface area contributed by atoms with Crippen LogP contribution in [0.2, 0.25) is 0 Å². The van der Waals surface area contributed by atoms with Crippen LogP contribution in [-0.4, -0.2) is 63.9 Å². The van der Waals surface area contributed by atoms with Gasteiger partial charge >= 0.3 is 0 Å². The second-order valence-corrected chi connectivity index (χ2v) is 18.5. The molecule has 2 fully saturated rings. The summed E-state index contributed by atoms with van der Waals surface area (Å²) in [4.78, 5) is 18.8. The molecule has 5 bridgehead atoms. The summed E-state index contributed by atoms with van der Waals surface area (Å²) in [7, 11) is 3.91. The lowest BCUT2D eigenvalue weighted by Gasteiger charge is -2.57. The molecule has 5 aliphatic rings. The lowest BCUT2D eigenvalue weighted by molar-refractivity contribution is -0.125. The summed E-state index contributed by atoms with van der Waals surface area (Å²) in [6, 6.07) is 6.55. The van der Waals surface area contributed by atoms with Crippen LogP contribution in [-0.2, 0) is 24.2 Å². The highest BCUT2D eigenvalue weighted by atomic mass is 33.1. The normalized spacial score (nSPS) is 35.8. The number of allylic oxidation sites excluding steroid dienone is 2. The van der Waals surface area contributed by atoms with E-state index in [1.165, 1.54) is 16.7 Å². The first-order valence-electron chi connectivity index (χ1n) is 18.1. The number of carbonyl (C=O) groups is 1. The second-order valence-electron chi connectivity index (χ2n) is 16.0. The van der Waals surface area contributed by atoms with Gasteiger partial charge in [-0.1, -0.05) is 66.1 Å². The predicted molar refractivity (Wildman–Crippen MR) is 194 cm³/mol. The number of hydrogen-bond acceptors (Lipinski definition) is 9. The Bertz CT molecular complexity index is 1380. The molecule has 7 nitrogen and oxygen atoms in total. The Kier molecular flexibility index (Phi) is 10.8. The van der Waals surface area contributed by atoms with Crippen molar-refractivity contribution in [2.75, 3.05) is 31.3 Å². The highest BCUT2D eigenvalue weighted by molar-refractivity contribution is 8.76. The molecule has 0 saturated heterocycles. The average Bonchev–Trinajstić information content (AvgIpc) is 3.37. The maximum atomic E-state index is 14.1. The second kappa shape index (κ2) is 14.4. The van der Waals surface area contributed by atoms with E-state index in [-0.39, 0.29) is 53.9 Å². The van der Waals surface area contributed by atoms with Crippen LogP contribution in [0, 0.1) is 40.4 Å². The average molecular weight is 684 g/mol. The van der Waals surface area contributed by atoms with Gasteiger partial charge in [-0.25, -0.2) is 0 Å². The van der Waals surface area contributed by atoms with Gasteiger partial charge in [0.1, 0.15) is 0 Å². The number of aliphatic hydroxyl groups excluding tert-OH is 3. The van der Waals surface area contributed by atoms with E-state index in [9.17, 15) is 20.1 Å². The van der Waals surface area contributed by atoms with Crippen LogP contribution in [0.25, 0.3) is 0 Å². The zero-order valence-electron chi connectivity index (χ0n) is 28.7. The molecule has 2 aliphatic heterocycles. The van der Waals surface area contributed by atoms with Crippen LogP contribution in [0.3, 0.4) is 0 Å². The van der Waals surface area contributed by atoms with Crippen molar-refractivity contribution in [1.82, 2.24) is 5.32 Å². The van der Waals surface area contributed by atoms with Crippen LogP contribution in [0.5, 0.6) is 0 Å². The lowest BCUT2D eigenvalue weighted by atomic mass is 9.47. The number of guanidine groups is 1. The minimum absolute atomic E-state index is 0.0231. The molecular weight excluding hydrogens is 627 g/mol. The SMILES string of the molecule is CC(C)Cc1ccc(CO)c(C[C@@H]2CN=C(N)N[C@]23CCCC2=C4C[C@@H]5C[C@H](CO)[C@@H](CCCO)[C@]4(CC2=O)[C@@]5(C)CCSSC3)c1. The van der Waals surface area contributed by atoms with Crippen LogP contribution in [0.1, 0.15) is 95.2 Å². The van der Waals surface area contributed by atoms with Gasteiger partial charge in [-0.3, -0.25) is 9.79 Å². The van der Waals surface area contributed by atoms with Gasteiger partial charge in [-0.05, 0) is 116 Å². The van der Waals surface area contributed by atoms with Crippen molar-refractivity contribution < 1.29 is 20.1 Å². The molecule has 2 spiro atoms. The largest absolute Gasteiger partial charge is 0.396 e. The molecule has 6 N–H and O–H groups in total. The summed E-state index contributed by atoms with van der Waals surface area (Å²) >= 11 is 0. The Morgan fingerprint density at radius 2 is 1.98 bits per heavy atom. The lowest BCUT2D eigenvalue weighted by Crippen LogP contribution is -2.62. The number of nitrogens with one attached hydrogen (secondary N) is 1. The fraction of sp³-hybridized carbons (Fsp3) is 0.737. The van der Waals surface area contributed by atoms with Gasteiger partial charge in [0, 0.05) is 49.0 Å². The molecule has 1 aromatic rings. The van der Waals surface area contributed by atoms with Gasteiger partial charge in [0.2, 0.25) is 0 Å². The van der Waals surface area contributed by atoms with Gasteiger partial charge in [-0.2, -0.15) is 0 Å². The smallest absolute Gasteiger partial charge is 0.189 e. The van der Waals surface area contributed by atoms with E-state index in [0.717, 1.165) is 86.9 Å². The molecule has 0 amide bonds. The summed E-state index contributed by atoms with van der Waals surface area (Å²) in [5.74, 6) is 4.44. The van der Waals surface area contributed by atoms with E-state index in [0.29, 0.717) is 36.5 Å². The van der Waals surface area contributed by atoms with Crippen LogP contribution in [0.4, 0.5) is 0 Å². The number of nitrogens with two attached hydrogens (primary N) is 1. The summed E-state index contributed by atoms with van der Waals surface area (Å²) in [5.41, 5.74) is 12.0. The predicted octanol–water partition coefficient (Wildman–Crippen LogP) is 5.83. The number of rotatable bonds is 9. The number of carbonyl (C=O) groups excluding carboxylic acids is 1. The third kappa shape index (κ3) is 6.34. The Morgan fingerprint density at radius 1 is 1.15 bits per heavy atom. The van der Waals surface area contributed by atoms with Crippen molar-refractivity contribution >= 4 is 33.3 Å². The first-order chi connectivity index (χ1) is 22.6. The zero-order valence-corrected chi connectivity index (χ0v) is 30.4. The molecule has 0 unspecified atom stereocenters. The van der Waals surface area contributed by atoms with Crippen LogP contribution >= 0.6 is 21.6 Å². The number of aliphatic hydroxyl groups is 3. The number of aliphatic imine (C=N–C) groups is 1. The maximum absolute atomic E-state index is 14.1. The Balaban J connectivity index is 1.33. The quantitative estimate of drug-likeness (QED) is 0.206. The van der Waals surface area contributed by atoms with Crippen molar-refractivity contribution in [2.24, 2.45) is 51.1 Å². The summed E-state index contributed by atoms with van der Waals surface area (Å²) in [5, 5.41) is 34.4. The van der Waals surface area contributed by atoms with E-state index in [4.69, 9.17) is 10.7 Å². The summed E-state index contributed by atoms with van der Waals surface area (Å²) in [6.07, 6.45) is 9.66.